The fourth-order valence-corrected chi connectivity index (χ4v) is 5.13. The first-order chi connectivity index (χ1) is 15.8. The third-order valence-electron chi connectivity index (χ3n) is 5.49. The van der Waals surface area contributed by atoms with E-state index < -0.39 is 10.0 Å². The maximum absolute atomic E-state index is 12.7. The zero-order valence-corrected chi connectivity index (χ0v) is 20.7. The largest absolute Gasteiger partial charge is 0.494 e. The van der Waals surface area contributed by atoms with Gasteiger partial charge in [0.25, 0.3) is 0 Å². The normalized spacial score (nSPS) is 14.8. The second-order valence-electron chi connectivity index (χ2n) is 8.08. The topological polar surface area (TPSA) is 84.9 Å². The molecule has 1 saturated heterocycles. The van der Waals surface area contributed by atoms with Crippen LogP contribution in [0.4, 0.5) is 0 Å². The molecular weight excluding hydrogens is 464 g/mol. The Bertz CT molecular complexity index is 1030. The van der Waals surface area contributed by atoms with Gasteiger partial charge in [-0.2, -0.15) is 4.31 Å². The van der Waals surface area contributed by atoms with Crippen molar-refractivity contribution >= 4 is 27.5 Å². The summed E-state index contributed by atoms with van der Waals surface area (Å²) in [5.74, 6) is 0.725. The van der Waals surface area contributed by atoms with Crippen LogP contribution < -0.4 is 10.1 Å². The smallest absolute Gasteiger partial charge is 0.243 e. The predicted octanol–water partition coefficient (Wildman–Crippen LogP) is 3.50. The van der Waals surface area contributed by atoms with E-state index in [-0.39, 0.29) is 10.8 Å². The van der Waals surface area contributed by atoms with Crippen LogP contribution in [-0.4, -0.2) is 58.1 Å². The summed E-state index contributed by atoms with van der Waals surface area (Å²) in [4.78, 5) is 12.4. The van der Waals surface area contributed by atoms with Gasteiger partial charge in [-0.25, -0.2) is 8.42 Å². The number of morpholine rings is 1. The van der Waals surface area contributed by atoms with Crippen LogP contribution in [-0.2, 0) is 26.0 Å². The molecule has 7 nitrogen and oxygen atoms in total. The molecule has 0 bridgehead atoms. The molecule has 9 heteroatoms. The summed E-state index contributed by atoms with van der Waals surface area (Å²) in [5, 5.41) is 3.65. The summed E-state index contributed by atoms with van der Waals surface area (Å²) in [6, 6.07) is 10.6. The molecule has 0 aliphatic carbocycles. The number of benzene rings is 2. The summed E-state index contributed by atoms with van der Waals surface area (Å²) in [6.07, 6.45) is 1.62. The van der Waals surface area contributed by atoms with Gasteiger partial charge in [0.2, 0.25) is 15.9 Å². The van der Waals surface area contributed by atoms with Gasteiger partial charge in [0.1, 0.15) is 5.75 Å². The third-order valence-corrected chi connectivity index (χ3v) is 8.00. The monoisotopic (exact) mass is 494 g/mol. The standard InChI is InChI=1S/C24H31ClN2O5S/c1-18-16-21(17-19(2)24(18)25)32-13-3-4-23(28)26-10-9-20-5-7-22(8-6-20)33(29,30)27-11-14-31-15-12-27/h5-8,16-17H,3-4,9-15H2,1-2H3,(H,26,28). The maximum Gasteiger partial charge on any atom is 0.243 e. The number of nitrogens with one attached hydrogen (secondary N) is 1. The molecule has 33 heavy (non-hydrogen) atoms. The Balaban J connectivity index is 1.36. The Labute approximate surface area is 201 Å². The Morgan fingerprint density at radius 3 is 2.39 bits per heavy atom. The van der Waals surface area contributed by atoms with E-state index in [9.17, 15) is 13.2 Å². The van der Waals surface area contributed by atoms with E-state index in [2.05, 4.69) is 5.32 Å². The molecule has 180 valence electrons. The molecule has 1 fully saturated rings. The van der Waals surface area contributed by atoms with E-state index in [4.69, 9.17) is 21.1 Å². The Kier molecular flexibility index (Phi) is 9.14. The molecule has 1 amide bonds. The fourth-order valence-electron chi connectivity index (χ4n) is 3.61. The van der Waals surface area contributed by atoms with Gasteiger partial charge < -0.3 is 14.8 Å². The molecule has 3 rings (SSSR count). The van der Waals surface area contributed by atoms with E-state index in [0.29, 0.717) is 58.7 Å². The van der Waals surface area contributed by atoms with Crippen LogP contribution in [0.25, 0.3) is 0 Å². The van der Waals surface area contributed by atoms with Crippen molar-refractivity contribution in [3.8, 4) is 5.75 Å². The lowest BCUT2D eigenvalue weighted by atomic mass is 10.1. The van der Waals surface area contributed by atoms with Crippen molar-refractivity contribution < 1.29 is 22.7 Å². The summed E-state index contributed by atoms with van der Waals surface area (Å²) in [5.41, 5.74) is 2.90. The minimum atomic E-state index is -3.49. The first-order valence-corrected chi connectivity index (χ1v) is 12.9. The van der Waals surface area contributed by atoms with Crippen molar-refractivity contribution in [3.05, 3.63) is 58.1 Å². The molecule has 1 N–H and O–H groups in total. The molecule has 2 aromatic carbocycles. The average Bonchev–Trinajstić information content (AvgIpc) is 2.81. The molecule has 1 aliphatic heterocycles. The fraction of sp³-hybridized carbons (Fsp3) is 0.458. The zero-order valence-electron chi connectivity index (χ0n) is 19.1. The predicted molar refractivity (Wildman–Crippen MR) is 128 cm³/mol. The number of aryl methyl sites for hydroxylation is 2. The molecule has 0 spiro atoms. The van der Waals surface area contributed by atoms with Gasteiger partial charge in [0, 0.05) is 31.1 Å². The van der Waals surface area contributed by atoms with Gasteiger partial charge in [0.15, 0.2) is 0 Å². The minimum absolute atomic E-state index is 0.0337. The molecule has 1 heterocycles. The highest BCUT2D eigenvalue weighted by atomic mass is 35.5. The number of halogens is 1. The number of rotatable bonds is 10. The Morgan fingerprint density at radius 2 is 1.76 bits per heavy atom. The summed E-state index contributed by atoms with van der Waals surface area (Å²) < 4.78 is 37.7. The van der Waals surface area contributed by atoms with Gasteiger partial charge >= 0.3 is 0 Å². The van der Waals surface area contributed by atoms with E-state index >= 15 is 0 Å². The number of carbonyl (C=O) groups excluding carboxylic acids is 1. The lowest BCUT2D eigenvalue weighted by molar-refractivity contribution is -0.121. The average molecular weight is 495 g/mol. The van der Waals surface area contributed by atoms with Crippen LogP contribution in [0.2, 0.25) is 5.02 Å². The van der Waals surface area contributed by atoms with E-state index in [1.807, 2.05) is 26.0 Å². The summed E-state index contributed by atoms with van der Waals surface area (Å²) in [7, 11) is -3.49. The number of hydrogen-bond donors (Lipinski definition) is 1. The highest BCUT2D eigenvalue weighted by molar-refractivity contribution is 7.89. The molecule has 0 saturated carbocycles. The van der Waals surface area contributed by atoms with Crippen LogP contribution in [0.15, 0.2) is 41.3 Å². The third kappa shape index (κ3) is 7.17. The highest BCUT2D eigenvalue weighted by Gasteiger charge is 2.26. The Hall–Kier alpha value is -2.13. The van der Waals surface area contributed by atoms with Crippen LogP contribution in [0.5, 0.6) is 5.75 Å². The van der Waals surface area contributed by atoms with Crippen molar-refractivity contribution in [3.63, 3.8) is 0 Å². The van der Waals surface area contributed by atoms with Crippen LogP contribution >= 0.6 is 11.6 Å². The van der Waals surface area contributed by atoms with Crippen molar-refractivity contribution in [1.82, 2.24) is 9.62 Å². The van der Waals surface area contributed by atoms with Gasteiger partial charge in [0.05, 0.1) is 24.7 Å². The second kappa shape index (κ2) is 11.8. The number of carbonyl (C=O) groups is 1. The van der Waals surface area contributed by atoms with Gasteiger partial charge in [-0.1, -0.05) is 23.7 Å². The lowest BCUT2D eigenvalue weighted by Crippen LogP contribution is -2.40. The van der Waals surface area contributed by atoms with Gasteiger partial charge in [-0.3, -0.25) is 4.79 Å². The molecule has 1 aliphatic rings. The Morgan fingerprint density at radius 1 is 1.12 bits per heavy atom. The van der Waals surface area contributed by atoms with Crippen LogP contribution in [0.3, 0.4) is 0 Å². The quantitative estimate of drug-likeness (QED) is 0.511. The number of ether oxygens (including phenoxy) is 2. The molecule has 0 atom stereocenters. The van der Waals surface area contributed by atoms with Gasteiger partial charge in [-0.05, 0) is 67.6 Å². The van der Waals surface area contributed by atoms with E-state index in [0.717, 1.165) is 27.5 Å². The van der Waals surface area contributed by atoms with Crippen molar-refractivity contribution in [2.24, 2.45) is 0 Å². The van der Waals surface area contributed by atoms with Crippen molar-refractivity contribution in [2.75, 3.05) is 39.5 Å². The number of nitrogens with zero attached hydrogens (tertiary/aromatic N) is 1. The first-order valence-electron chi connectivity index (χ1n) is 11.1. The first kappa shape index (κ1) is 25.5. The number of amides is 1. The highest BCUT2D eigenvalue weighted by Crippen LogP contribution is 2.26. The van der Waals surface area contributed by atoms with E-state index in [1.54, 1.807) is 24.3 Å². The van der Waals surface area contributed by atoms with E-state index in [1.165, 1.54) is 4.31 Å². The zero-order chi connectivity index (χ0) is 23.8. The van der Waals surface area contributed by atoms with Crippen molar-refractivity contribution in [1.29, 1.82) is 0 Å². The molecular formula is C24H31ClN2O5S. The van der Waals surface area contributed by atoms with Crippen LogP contribution in [0.1, 0.15) is 29.5 Å². The molecule has 0 unspecified atom stereocenters. The number of sulfonamides is 1. The summed E-state index contributed by atoms with van der Waals surface area (Å²) in [6.45, 7) is 6.41. The minimum Gasteiger partial charge on any atom is -0.494 e. The second-order valence-corrected chi connectivity index (χ2v) is 10.4. The molecule has 0 aromatic heterocycles. The van der Waals surface area contributed by atoms with Gasteiger partial charge in [-0.15, -0.1) is 0 Å². The molecule has 2 aromatic rings. The maximum atomic E-state index is 12.7. The summed E-state index contributed by atoms with van der Waals surface area (Å²) >= 11 is 6.16. The van der Waals surface area contributed by atoms with Crippen LogP contribution in [0, 0.1) is 13.8 Å². The SMILES string of the molecule is Cc1cc(OCCCC(=O)NCCc2ccc(S(=O)(=O)N3CCOCC3)cc2)cc(C)c1Cl. The number of hydrogen-bond acceptors (Lipinski definition) is 5. The van der Waals surface area contributed by atoms with Crippen molar-refractivity contribution in [2.45, 2.75) is 38.0 Å². The molecule has 0 radical (unpaired) electrons. The lowest BCUT2D eigenvalue weighted by Gasteiger charge is -2.26.